The third-order valence-corrected chi connectivity index (χ3v) is 3.03. The van der Waals surface area contributed by atoms with Gasteiger partial charge in [-0.05, 0) is 19.4 Å². The number of carbonyl (C=O) groups excluding carboxylic acids is 1. The van der Waals surface area contributed by atoms with Gasteiger partial charge in [-0.15, -0.1) is 0 Å². The van der Waals surface area contributed by atoms with Gasteiger partial charge in [-0.25, -0.2) is 0 Å². The van der Waals surface area contributed by atoms with E-state index in [4.69, 9.17) is 9.47 Å². The number of carbonyl (C=O) groups is 1. The summed E-state index contributed by atoms with van der Waals surface area (Å²) >= 11 is 0. The van der Waals surface area contributed by atoms with E-state index < -0.39 is 6.10 Å². The quantitative estimate of drug-likeness (QED) is 0.644. The number of ether oxygens (including phenoxy) is 2. The van der Waals surface area contributed by atoms with Gasteiger partial charge in [0.2, 0.25) is 0 Å². The summed E-state index contributed by atoms with van der Waals surface area (Å²) in [5.74, 6) is 4.96. The molecule has 0 fully saturated rings. The summed E-state index contributed by atoms with van der Waals surface area (Å²) in [5, 5.41) is 10.1. The van der Waals surface area contributed by atoms with Gasteiger partial charge in [-0.3, -0.25) is 4.79 Å². The summed E-state index contributed by atoms with van der Waals surface area (Å²) in [5.41, 5.74) is 1.06. The van der Waals surface area contributed by atoms with Crippen molar-refractivity contribution in [2.75, 3.05) is 6.61 Å². The smallest absolute Gasteiger partial charge is 0.303 e. The van der Waals surface area contributed by atoms with Crippen molar-refractivity contribution in [3.63, 3.8) is 0 Å². The number of hydrogen-bond donors (Lipinski definition) is 1. The molecule has 0 saturated heterocycles. The van der Waals surface area contributed by atoms with Crippen molar-refractivity contribution < 1.29 is 19.4 Å². The fraction of sp³-hybridized carbons (Fsp3) is 0.471. The second kappa shape index (κ2) is 9.17. The number of aliphatic hydroxyl groups excluding tert-OH is 1. The molecule has 0 aromatic heterocycles. The lowest BCUT2D eigenvalue weighted by Crippen LogP contribution is -2.31. The van der Waals surface area contributed by atoms with Gasteiger partial charge in [0.05, 0.1) is 18.8 Å². The number of aliphatic hydroxyl groups is 1. The van der Waals surface area contributed by atoms with Crippen molar-refractivity contribution in [1.29, 1.82) is 0 Å². The van der Waals surface area contributed by atoms with Crippen molar-refractivity contribution >= 4 is 5.97 Å². The Morgan fingerprint density at radius 2 is 1.95 bits per heavy atom. The number of benzene rings is 1. The average molecular weight is 290 g/mol. The minimum absolute atomic E-state index is 0.0473. The van der Waals surface area contributed by atoms with Crippen molar-refractivity contribution in [2.45, 2.75) is 39.6 Å². The number of rotatable bonds is 6. The van der Waals surface area contributed by atoms with Crippen molar-refractivity contribution in [2.24, 2.45) is 5.92 Å². The van der Waals surface area contributed by atoms with Crippen molar-refractivity contribution in [3.8, 4) is 11.8 Å². The first-order chi connectivity index (χ1) is 10.0. The summed E-state index contributed by atoms with van der Waals surface area (Å²) in [7, 11) is 0. The van der Waals surface area contributed by atoms with Crippen molar-refractivity contribution in [1.82, 2.24) is 0 Å². The van der Waals surface area contributed by atoms with Gasteiger partial charge in [-0.1, -0.05) is 42.2 Å². The van der Waals surface area contributed by atoms with Crippen LogP contribution in [0.3, 0.4) is 0 Å². The van der Waals surface area contributed by atoms with Crippen LogP contribution in [0.4, 0.5) is 0 Å². The lowest BCUT2D eigenvalue weighted by molar-refractivity contribution is -0.139. The summed E-state index contributed by atoms with van der Waals surface area (Å²) in [6.45, 7) is 5.46. The molecule has 0 aliphatic heterocycles. The molecule has 21 heavy (non-hydrogen) atoms. The molecule has 0 saturated carbocycles. The molecule has 0 amide bonds. The highest BCUT2D eigenvalue weighted by Crippen LogP contribution is 2.12. The molecule has 0 spiro atoms. The SMILES string of the molecule is CC(=O)OCC#C[C@@H](C)[C@@H](O)[C@H](C)OCc1ccccc1. The molecule has 1 rings (SSSR count). The minimum Gasteiger partial charge on any atom is -0.453 e. The number of esters is 1. The van der Waals surface area contributed by atoms with Crippen LogP contribution in [0, 0.1) is 17.8 Å². The van der Waals surface area contributed by atoms with E-state index in [-0.39, 0.29) is 24.6 Å². The molecule has 1 aromatic carbocycles. The van der Waals surface area contributed by atoms with Crippen LogP contribution in [0.5, 0.6) is 0 Å². The second-order valence-electron chi connectivity index (χ2n) is 4.88. The molecule has 1 N–H and O–H groups in total. The van der Waals surface area contributed by atoms with E-state index in [1.54, 1.807) is 0 Å². The Balaban J connectivity index is 2.38. The lowest BCUT2D eigenvalue weighted by atomic mass is 10.0. The molecule has 114 valence electrons. The summed E-state index contributed by atoms with van der Waals surface area (Å²) in [6, 6.07) is 9.79. The Morgan fingerprint density at radius 1 is 1.29 bits per heavy atom. The van der Waals surface area contributed by atoms with Crippen LogP contribution in [0.25, 0.3) is 0 Å². The van der Waals surface area contributed by atoms with Crippen LogP contribution in [0.2, 0.25) is 0 Å². The molecule has 0 aliphatic carbocycles. The molecule has 3 atom stereocenters. The van der Waals surface area contributed by atoms with Crippen LogP contribution in [0.15, 0.2) is 30.3 Å². The number of hydrogen-bond acceptors (Lipinski definition) is 4. The van der Waals surface area contributed by atoms with Gasteiger partial charge in [-0.2, -0.15) is 0 Å². The molecule has 0 aliphatic rings. The molecule has 0 unspecified atom stereocenters. The first-order valence-electron chi connectivity index (χ1n) is 6.96. The predicted molar refractivity (Wildman–Crippen MR) is 80.3 cm³/mol. The largest absolute Gasteiger partial charge is 0.453 e. The minimum atomic E-state index is -0.696. The van der Waals surface area contributed by atoms with Gasteiger partial charge in [0.25, 0.3) is 0 Å². The molecule has 1 aromatic rings. The highest BCUT2D eigenvalue weighted by atomic mass is 16.5. The standard InChI is InChI=1S/C17H22O4/c1-13(8-7-11-20-15(3)18)17(19)14(2)21-12-16-9-5-4-6-10-16/h4-6,9-10,13-14,17,19H,11-12H2,1-3H3/t13-,14+,17-/m1/s1. The van der Waals surface area contributed by atoms with E-state index in [0.717, 1.165) is 5.56 Å². The van der Waals surface area contributed by atoms with E-state index in [9.17, 15) is 9.90 Å². The third-order valence-electron chi connectivity index (χ3n) is 3.03. The fourth-order valence-corrected chi connectivity index (χ4v) is 1.73. The Morgan fingerprint density at radius 3 is 2.57 bits per heavy atom. The third kappa shape index (κ3) is 6.94. The summed E-state index contributed by atoms with van der Waals surface area (Å²) < 4.78 is 10.4. The molecule has 0 heterocycles. The topological polar surface area (TPSA) is 55.8 Å². The molecule has 0 bridgehead atoms. The van der Waals surface area contributed by atoms with Crippen LogP contribution < -0.4 is 0 Å². The van der Waals surface area contributed by atoms with Gasteiger partial charge >= 0.3 is 5.97 Å². The maximum atomic E-state index is 10.6. The summed E-state index contributed by atoms with van der Waals surface area (Å²) in [4.78, 5) is 10.6. The van der Waals surface area contributed by atoms with Gasteiger partial charge in [0, 0.05) is 12.8 Å². The van der Waals surface area contributed by atoms with E-state index in [1.165, 1.54) is 6.92 Å². The van der Waals surface area contributed by atoms with Crippen molar-refractivity contribution in [3.05, 3.63) is 35.9 Å². The second-order valence-corrected chi connectivity index (χ2v) is 4.88. The molecular weight excluding hydrogens is 268 g/mol. The van der Waals surface area contributed by atoms with E-state index in [1.807, 2.05) is 44.2 Å². The maximum Gasteiger partial charge on any atom is 0.303 e. The molecular formula is C17H22O4. The lowest BCUT2D eigenvalue weighted by Gasteiger charge is -2.22. The molecule has 4 heteroatoms. The highest BCUT2D eigenvalue weighted by Gasteiger charge is 2.20. The van der Waals surface area contributed by atoms with Crippen LogP contribution >= 0.6 is 0 Å². The monoisotopic (exact) mass is 290 g/mol. The molecule has 4 nitrogen and oxygen atoms in total. The van der Waals surface area contributed by atoms with Crippen LogP contribution in [0.1, 0.15) is 26.3 Å². The average Bonchev–Trinajstić information content (AvgIpc) is 2.49. The first-order valence-corrected chi connectivity index (χ1v) is 6.96. The van der Waals surface area contributed by atoms with Gasteiger partial charge < -0.3 is 14.6 Å². The first kappa shape index (κ1) is 17.2. The Hall–Kier alpha value is -1.83. The van der Waals surface area contributed by atoms with E-state index >= 15 is 0 Å². The highest BCUT2D eigenvalue weighted by molar-refractivity contribution is 5.66. The Kier molecular flexibility index (Phi) is 7.52. The zero-order valence-electron chi connectivity index (χ0n) is 12.7. The normalized spacial score (nSPS) is 14.5. The Labute approximate surface area is 126 Å². The zero-order chi connectivity index (χ0) is 15.7. The zero-order valence-corrected chi connectivity index (χ0v) is 12.7. The van der Waals surface area contributed by atoms with Crippen LogP contribution in [-0.4, -0.2) is 29.9 Å². The summed E-state index contributed by atoms with van der Waals surface area (Å²) in [6.07, 6.45) is -1.03. The fourth-order valence-electron chi connectivity index (χ4n) is 1.73. The van der Waals surface area contributed by atoms with E-state index in [2.05, 4.69) is 11.8 Å². The van der Waals surface area contributed by atoms with Crippen LogP contribution in [-0.2, 0) is 20.9 Å². The maximum absolute atomic E-state index is 10.6. The van der Waals surface area contributed by atoms with Gasteiger partial charge in [0.1, 0.15) is 0 Å². The van der Waals surface area contributed by atoms with Gasteiger partial charge in [0.15, 0.2) is 6.61 Å². The van der Waals surface area contributed by atoms with E-state index in [0.29, 0.717) is 6.61 Å². The Bertz CT molecular complexity index is 487. The predicted octanol–water partition coefficient (Wildman–Crippen LogP) is 2.16. The molecule has 0 radical (unpaired) electrons.